The van der Waals surface area contributed by atoms with E-state index in [1.807, 2.05) is 25.7 Å². The first-order valence-corrected chi connectivity index (χ1v) is 7.74. The quantitative estimate of drug-likeness (QED) is 0.741. The van der Waals surface area contributed by atoms with Gasteiger partial charge in [0.05, 0.1) is 0 Å². The standard InChI is InChI=1S/C16H30N2O2/c1-15(2,3)11-17-7-12-9-18(10-13(12)8-17)14(19)20-16(4,5)6/h12-13H,7-11H2,1-6H3. The number of carbonyl (C=O) groups is 1. The molecule has 20 heavy (non-hydrogen) atoms. The minimum Gasteiger partial charge on any atom is -0.444 e. The van der Waals surface area contributed by atoms with Crippen molar-refractivity contribution in [2.45, 2.75) is 47.1 Å². The Balaban J connectivity index is 1.84. The lowest BCUT2D eigenvalue weighted by Gasteiger charge is -2.28. The largest absolute Gasteiger partial charge is 0.444 e. The highest BCUT2D eigenvalue weighted by Crippen LogP contribution is 2.33. The molecule has 0 aliphatic carbocycles. The number of carbonyl (C=O) groups excluding carboxylic acids is 1. The summed E-state index contributed by atoms with van der Waals surface area (Å²) in [5, 5.41) is 0. The third kappa shape index (κ3) is 4.11. The van der Waals surface area contributed by atoms with Crippen molar-refractivity contribution in [1.82, 2.24) is 9.80 Å². The first-order chi connectivity index (χ1) is 9.03. The zero-order chi connectivity index (χ0) is 15.1. The van der Waals surface area contributed by atoms with Crippen molar-refractivity contribution in [3.8, 4) is 0 Å². The molecule has 1 amide bonds. The molecule has 2 atom stereocenters. The van der Waals surface area contributed by atoms with E-state index in [4.69, 9.17) is 4.74 Å². The van der Waals surface area contributed by atoms with Gasteiger partial charge >= 0.3 is 6.09 Å². The monoisotopic (exact) mass is 282 g/mol. The molecule has 2 aliphatic heterocycles. The summed E-state index contributed by atoms with van der Waals surface area (Å²) in [6, 6.07) is 0. The molecule has 0 spiro atoms. The maximum absolute atomic E-state index is 12.1. The molecule has 2 heterocycles. The van der Waals surface area contributed by atoms with Gasteiger partial charge in [0.15, 0.2) is 0 Å². The Morgan fingerprint density at radius 2 is 1.50 bits per heavy atom. The van der Waals surface area contributed by atoms with Crippen LogP contribution in [0.5, 0.6) is 0 Å². The normalized spacial score (nSPS) is 27.8. The molecular formula is C16H30N2O2. The predicted octanol–water partition coefficient (Wildman–Crippen LogP) is 2.83. The number of nitrogens with zero attached hydrogens (tertiary/aromatic N) is 2. The molecule has 116 valence electrons. The van der Waals surface area contributed by atoms with Gasteiger partial charge in [0.1, 0.15) is 5.60 Å². The molecule has 2 aliphatic rings. The Labute approximate surface area is 123 Å². The molecule has 4 heteroatoms. The molecule has 0 saturated carbocycles. The molecule has 0 aromatic carbocycles. The number of rotatable bonds is 1. The second-order valence-electron chi connectivity index (χ2n) is 8.66. The van der Waals surface area contributed by atoms with E-state index in [9.17, 15) is 4.79 Å². The van der Waals surface area contributed by atoms with E-state index in [-0.39, 0.29) is 6.09 Å². The molecule has 2 saturated heterocycles. The van der Waals surface area contributed by atoms with Crippen LogP contribution >= 0.6 is 0 Å². The SMILES string of the molecule is CC(C)(C)CN1CC2CN(C(=O)OC(C)(C)C)CC2C1. The van der Waals surface area contributed by atoms with Crippen LogP contribution < -0.4 is 0 Å². The van der Waals surface area contributed by atoms with Gasteiger partial charge < -0.3 is 14.5 Å². The number of hydrogen-bond donors (Lipinski definition) is 0. The van der Waals surface area contributed by atoms with Gasteiger partial charge in [0.25, 0.3) is 0 Å². The van der Waals surface area contributed by atoms with E-state index >= 15 is 0 Å². The zero-order valence-electron chi connectivity index (χ0n) is 13.9. The second kappa shape index (κ2) is 5.21. The number of amides is 1. The summed E-state index contributed by atoms with van der Waals surface area (Å²) in [6.07, 6.45) is -0.144. The first kappa shape index (κ1) is 15.6. The highest BCUT2D eigenvalue weighted by molar-refractivity contribution is 5.68. The van der Waals surface area contributed by atoms with Crippen LogP contribution in [0.2, 0.25) is 0 Å². The smallest absolute Gasteiger partial charge is 0.410 e. The summed E-state index contributed by atoms with van der Waals surface area (Å²) in [7, 11) is 0. The fourth-order valence-electron chi connectivity index (χ4n) is 3.37. The molecule has 0 N–H and O–H groups in total. The van der Waals surface area contributed by atoms with Crippen molar-refractivity contribution < 1.29 is 9.53 Å². The van der Waals surface area contributed by atoms with Crippen molar-refractivity contribution >= 4 is 6.09 Å². The molecule has 2 fully saturated rings. The lowest BCUT2D eigenvalue weighted by molar-refractivity contribution is 0.0272. The van der Waals surface area contributed by atoms with Crippen LogP contribution in [0.4, 0.5) is 4.79 Å². The molecular weight excluding hydrogens is 252 g/mol. The average Bonchev–Trinajstić information content (AvgIpc) is 2.68. The third-order valence-electron chi connectivity index (χ3n) is 3.91. The van der Waals surface area contributed by atoms with Crippen molar-refractivity contribution in [1.29, 1.82) is 0 Å². The topological polar surface area (TPSA) is 32.8 Å². The third-order valence-corrected chi connectivity index (χ3v) is 3.91. The summed E-state index contributed by atoms with van der Waals surface area (Å²) in [5.41, 5.74) is -0.0451. The van der Waals surface area contributed by atoms with E-state index in [0.717, 1.165) is 32.7 Å². The maximum atomic E-state index is 12.1. The highest BCUT2D eigenvalue weighted by Gasteiger charge is 2.43. The predicted molar refractivity (Wildman–Crippen MR) is 80.7 cm³/mol. The summed E-state index contributed by atoms with van der Waals surface area (Å²) < 4.78 is 5.47. The Bertz CT molecular complexity index is 354. The van der Waals surface area contributed by atoms with Crippen molar-refractivity contribution in [3.05, 3.63) is 0 Å². The molecule has 2 unspecified atom stereocenters. The van der Waals surface area contributed by atoms with E-state index in [1.165, 1.54) is 0 Å². The van der Waals surface area contributed by atoms with Gasteiger partial charge in [-0.3, -0.25) is 0 Å². The molecule has 0 radical (unpaired) electrons. The van der Waals surface area contributed by atoms with Crippen molar-refractivity contribution in [3.63, 3.8) is 0 Å². The Kier molecular flexibility index (Phi) is 4.07. The molecule has 4 nitrogen and oxygen atoms in total. The van der Waals surface area contributed by atoms with Crippen LogP contribution in [-0.4, -0.2) is 54.2 Å². The lowest BCUT2D eigenvalue weighted by Crippen LogP contribution is -2.38. The van der Waals surface area contributed by atoms with Gasteiger partial charge in [0.2, 0.25) is 0 Å². The molecule has 0 aromatic heterocycles. The van der Waals surface area contributed by atoms with Gasteiger partial charge in [-0.1, -0.05) is 20.8 Å². The highest BCUT2D eigenvalue weighted by atomic mass is 16.6. The van der Waals surface area contributed by atoms with E-state index < -0.39 is 5.60 Å². The summed E-state index contributed by atoms with van der Waals surface area (Å²) >= 11 is 0. The minimum atomic E-state index is -0.396. The summed E-state index contributed by atoms with van der Waals surface area (Å²) in [5.74, 6) is 1.26. The van der Waals surface area contributed by atoms with Crippen LogP contribution in [0.3, 0.4) is 0 Å². The number of fused-ring (bicyclic) bond motifs is 1. The molecule has 0 bridgehead atoms. The number of hydrogen-bond acceptors (Lipinski definition) is 3. The van der Waals surface area contributed by atoms with Crippen LogP contribution in [0, 0.1) is 17.3 Å². The second-order valence-corrected chi connectivity index (χ2v) is 8.66. The van der Waals surface area contributed by atoms with Gasteiger partial charge in [-0.2, -0.15) is 0 Å². The Hall–Kier alpha value is -0.770. The first-order valence-electron chi connectivity index (χ1n) is 7.74. The van der Waals surface area contributed by atoms with E-state index in [0.29, 0.717) is 17.3 Å². The van der Waals surface area contributed by atoms with E-state index in [2.05, 4.69) is 25.7 Å². The zero-order valence-corrected chi connectivity index (χ0v) is 13.9. The van der Waals surface area contributed by atoms with Crippen LogP contribution in [0.15, 0.2) is 0 Å². The van der Waals surface area contributed by atoms with Gasteiger partial charge in [-0.25, -0.2) is 4.79 Å². The minimum absolute atomic E-state index is 0.144. The maximum Gasteiger partial charge on any atom is 0.410 e. The number of ether oxygens (including phenoxy) is 1. The molecule has 0 aromatic rings. The number of likely N-dealkylation sites (tertiary alicyclic amines) is 2. The summed E-state index contributed by atoms with van der Waals surface area (Å²) in [6.45, 7) is 17.7. The fraction of sp³-hybridized carbons (Fsp3) is 0.938. The average molecular weight is 282 g/mol. The fourth-order valence-corrected chi connectivity index (χ4v) is 3.37. The van der Waals surface area contributed by atoms with Crippen molar-refractivity contribution in [2.75, 3.05) is 32.7 Å². The lowest BCUT2D eigenvalue weighted by atomic mass is 9.96. The van der Waals surface area contributed by atoms with Crippen LogP contribution in [0.1, 0.15) is 41.5 Å². The van der Waals surface area contributed by atoms with Crippen molar-refractivity contribution in [2.24, 2.45) is 17.3 Å². The van der Waals surface area contributed by atoms with Gasteiger partial charge in [-0.05, 0) is 38.0 Å². The Morgan fingerprint density at radius 1 is 1.00 bits per heavy atom. The van der Waals surface area contributed by atoms with Crippen LogP contribution in [-0.2, 0) is 4.74 Å². The van der Waals surface area contributed by atoms with Gasteiger partial charge in [0, 0.05) is 32.7 Å². The molecule has 2 rings (SSSR count). The van der Waals surface area contributed by atoms with Gasteiger partial charge in [-0.15, -0.1) is 0 Å². The Morgan fingerprint density at radius 3 is 1.90 bits per heavy atom. The van der Waals surface area contributed by atoms with Crippen LogP contribution in [0.25, 0.3) is 0 Å². The van der Waals surface area contributed by atoms with E-state index in [1.54, 1.807) is 0 Å². The summed E-state index contributed by atoms with van der Waals surface area (Å²) in [4.78, 5) is 16.5.